The average molecular weight is 239 g/mol. The van der Waals surface area contributed by atoms with Gasteiger partial charge in [-0.05, 0) is 24.3 Å². The Bertz CT molecular complexity index is 508. The molecule has 0 aliphatic rings. The van der Waals surface area contributed by atoms with Crippen molar-refractivity contribution in [2.24, 2.45) is 0 Å². The predicted octanol–water partition coefficient (Wildman–Crippen LogP) is 3.48. The molecule has 0 fully saturated rings. The fourth-order valence-corrected chi connectivity index (χ4v) is 1.27. The van der Waals surface area contributed by atoms with Gasteiger partial charge in [0.1, 0.15) is 11.6 Å². The summed E-state index contributed by atoms with van der Waals surface area (Å²) in [7, 11) is 0. The van der Waals surface area contributed by atoms with Crippen LogP contribution in [0.5, 0.6) is 11.5 Å². The van der Waals surface area contributed by atoms with E-state index in [1.54, 1.807) is 0 Å². The second-order valence-corrected chi connectivity index (χ2v) is 3.36. The van der Waals surface area contributed by atoms with Crippen molar-refractivity contribution >= 4 is 5.69 Å². The number of halogens is 3. The van der Waals surface area contributed by atoms with E-state index in [1.807, 2.05) is 0 Å². The molecule has 2 N–H and O–H groups in total. The third-order valence-electron chi connectivity index (χ3n) is 2.09. The maximum atomic E-state index is 13.3. The number of hydrogen-bond donors (Lipinski definition) is 1. The second kappa shape index (κ2) is 4.37. The molecule has 5 heteroatoms. The highest BCUT2D eigenvalue weighted by Gasteiger charge is 2.09. The summed E-state index contributed by atoms with van der Waals surface area (Å²) < 4.78 is 44.1. The minimum Gasteiger partial charge on any atom is -0.452 e. The first-order valence-corrected chi connectivity index (χ1v) is 4.74. The van der Waals surface area contributed by atoms with Crippen LogP contribution in [0.2, 0.25) is 0 Å². The maximum Gasteiger partial charge on any atom is 0.166 e. The molecule has 0 radical (unpaired) electrons. The van der Waals surface area contributed by atoms with Crippen LogP contribution in [0.3, 0.4) is 0 Å². The van der Waals surface area contributed by atoms with Gasteiger partial charge in [0.05, 0.1) is 5.69 Å². The SMILES string of the molecule is Nc1ccc(F)cc1Oc1cc(F)ccc1F. The number of ether oxygens (including phenoxy) is 1. The predicted molar refractivity (Wildman–Crippen MR) is 57.2 cm³/mol. The number of nitrogens with two attached hydrogens (primary N) is 1. The minimum atomic E-state index is -0.755. The van der Waals surface area contributed by atoms with E-state index >= 15 is 0 Å². The van der Waals surface area contributed by atoms with Crippen LogP contribution < -0.4 is 10.5 Å². The first-order chi connectivity index (χ1) is 8.06. The molecule has 0 spiro atoms. The van der Waals surface area contributed by atoms with Crippen LogP contribution >= 0.6 is 0 Å². The van der Waals surface area contributed by atoms with Gasteiger partial charge in [-0.2, -0.15) is 0 Å². The van der Waals surface area contributed by atoms with Gasteiger partial charge in [0.2, 0.25) is 0 Å². The van der Waals surface area contributed by atoms with E-state index in [0.29, 0.717) is 0 Å². The summed E-state index contributed by atoms with van der Waals surface area (Å²) in [6.07, 6.45) is 0. The van der Waals surface area contributed by atoms with Gasteiger partial charge in [-0.25, -0.2) is 13.2 Å². The molecule has 2 rings (SSSR count). The van der Waals surface area contributed by atoms with Gasteiger partial charge in [-0.3, -0.25) is 0 Å². The molecule has 0 unspecified atom stereocenters. The summed E-state index contributed by atoms with van der Waals surface area (Å²) in [5.74, 6) is -2.39. The summed E-state index contributed by atoms with van der Waals surface area (Å²) in [6.45, 7) is 0. The first kappa shape index (κ1) is 11.3. The van der Waals surface area contributed by atoms with Crippen molar-refractivity contribution in [3.05, 3.63) is 53.8 Å². The normalized spacial score (nSPS) is 10.3. The average Bonchev–Trinajstić information content (AvgIpc) is 2.28. The summed E-state index contributed by atoms with van der Waals surface area (Å²) in [6, 6.07) is 6.16. The van der Waals surface area contributed by atoms with Crippen LogP contribution in [-0.2, 0) is 0 Å². The fraction of sp³-hybridized carbons (Fsp3) is 0. The van der Waals surface area contributed by atoms with E-state index < -0.39 is 17.5 Å². The smallest absolute Gasteiger partial charge is 0.166 e. The van der Waals surface area contributed by atoms with Crippen LogP contribution in [0, 0.1) is 17.5 Å². The third kappa shape index (κ3) is 2.50. The summed E-state index contributed by atoms with van der Waals surface area (Å²) in [4.78, 5) is 0. The lowest BCUT2D eigenvalue weighted by Crippen LogP contribution is -1.95. The van der Waals surface area contributed by atoms with Crippen LogP contribution in [-0.4, -0.2) is 0 Å². The van der Waals surface area contributed by atoms with E-state index in [4.69, 9.17) is 10.5 Å². The number of rotatable bonds is 2. The van der Waals surface area contributed by atoms with E-state index in [0.717, 1.165) is 30.3 Å². The Hall–Kier alpha value is -2.17. The Kier molecular flexibility index (Phi) is 2.91. The molecule has 0 atom stereocenters. The monoisotopic (exact) mass is 239 g/mol. The molecular formula is C12H8F3NO. The molecule has 2 aromatic carbocycles. The van der Waals surface area contributed by atoms with Gasteiger partial charge in [0.25, 0.3) is 0 Å². The molecule has 0 aliphatic carbocycles. The molecule has 0 heterocycles. The molecule has 0 aromatic heterocycles. The quantitative estimate of drug-likeness (QED) is 0.814. The molecule has 17 heavy (non-hydrogen) atoms. The van der Waals surface area contributed by atoms with Crippen LogP contribution in [0.15, 0.2) is 36.4 Å². The molecule has 0 saturated heterocycles. The molecule has 0 saturated carbocycles. The van der Waals surface area contributed by atoms with Crippen molar-refractivity contribution in [2.45, 2.75) is 0 Å². The van der Waals surface area contributed by atoms with Gasteiger partial charge < -0.3 is 10.5 Å². The topological polar surface area (TPSA) is 35.2 Å². The van der Waals surface area contributed by atoms with Gasteiger partial charge >= 0.3 is 0 Å². The molecule has 0 amide bonds. The first-order valence-electron chi connectivity index (χ1n) is 4.74. The maximum absolute atomic E-state index is 13.3. The standard InChI is InChI=1S/C12H8F3NO/c13-7-1-3-9(15)11(5-7)17-12-6-8(14)2-4-10(12)16/h1-6H,16H2. The molecule has 0 bridgehead atoms. The lowest BCUT2D eigenvalue weighted by molar-refractivity contribution is 0.435. The van der Waals surface area contributed by atoms with Crippen LogP contribution in [0.1, 0.15) is 0 Å². The highest BCUT2D eigenvalue weighted by Crippen LogP contribution is 2.30. The fourth-order valence-electron chi connectivity index (χ4n) is 1.27. The second-order valence-electron chi connectivity index (χ2n) is 3.36. The highest BCUT2D eigenvalue weighted by atomic mass is 19.1. The van der Waals surface area contributed by atoms with Crippen LogP contribution in [0.4, 0.5) is 18.9 Å². The number of nitrogen functional groups attached to an aromatic ring is 1. The van der Waals surface area contributed by atoms with Crippen molar-refractivity contribution in [2.75, 3.05) is 5.73 Å². The minimum absolute atomic E-state index is 0.0606. The number of anilines is 1. The van der Waals surface area contributed by atoms with E-state index in [2.05, 4.69) is 0 Å². The summed E-state index contributed by atoms with van der Waals surface area (Å²) in [5.41, 5.74) is 5.65. The summed E-state index contributed by atoms with van der Waals surface area (Å²) in [5, 5.41) is 0. The van der Waals surface area contributed by atoms with Crippen molar-refractivity contribution in [3.63, 3.8) is 0 Å². The van der Waals surface area contributed by atoms with E-state index in [9.17, 15) is 13.2 Å². The van der Waals surface area contributed by atoms with E-state index in [-0.39, 0.29) is 17.2 Å². The van der Waals surface area contributed by atoms with Gasteiger partial charge in [-0.15, -0.1) is 0 Å². The van der Waals surface area contributed by atoms with Crippen molar-refractivity contribution in [1.29, 1.82) is 0 Å². The van der Waals surface area contributed by atoms with E-state index in [1.165, 1.54) is 6.07 Å². The van der Waals surface area contributed by atoms with Crippen molar-refractivity contribution < 1.29 is 17.9 Å². The number of hydrogen-bond acceptors (Lipinski definition) is 2. The molecule has 0 aliphatic heterocycles. The zero-order chi connectivity index (χ0) is 12.4. The van der Waals surface area contributed by atoms with Crippen molar-refractivity contribution in [3.8, 4) is 11.5 Å². The Morgan fingerprint density at radius 2 is 1.41 bits per heavy atom. The summed E-state index contributed by atoms with van der Waals surface area (Å²) >= 11 is 0. The zero-order valence-electron chi connectivity index (χ0n) is 8.58. The largest absolute Gasteiger partial charge is 0.452 e. The number of benzene rings is 2. The molecule has 2 nitrogen and oxygen atoms in total. The van der Waals surface area contributed by atoms with Gasteiger partial charge in [0, 0.05) is 12.1 Å². The Morgan fingerprint density at radius 1 is 0.824 bits per heavy atom. The lowest BCUT2D eigenvalue weighted by atomic mass is 10.3. The van der Waals surface area contributed by atoms with Gasteiger partial charge in [-0.1, -0.05) is 0 Å². The third-order valence-corrected chi connectivity index (χ3v) is 2.09. The molecule has 2 aromatic rings. The Labute approximate surface area is 95.4 Å². The Morgan fingerprint density at radius 3 is 2.12 bits per heavy atom. The molecular weight excluding hydrogens is 231 g/mol. The lowest BCUT2D eigenvalue weighted by Gasteiger charge is -2.09. The molecule has 88 valence electrons. The highest BCUT2D eigenvalue weighted by molar-refractivity contribution is 5.53. The zero-order valence-corrected chi connectivity index (χ0v) is 8.58. The Balaban J connectivity index is 2.37. The van der Waals surface area contributed by atoms with Crippen molar-refractivity contribution in [1.82, 2.24) is 0 Å². The van der Waals surface area contributed by atoms with Gasteiger partial charge in [0.15, 0.2) is 17.3 Å². The van der Waals surface area contributed by atoms with Crippen LogP contribution in [0.25, 0.3) is 0 Å².